The lowest BCUT2D eigenvalue weighted by atomic mass is 9.74. The molecule has 1 heterocycles. The Kier molecular flexibility index (Phi) is 1.84. The van der Waals surface area contributed by atoms with Crippen molar-refractivity contribution in [3.63, 3.8) is 0 Å². The molecule has 1 unspecified atom stereocenters. The summed E-state index contributed by atoms with van der Waals surface area (Å²) < 4.78 is 5.01. The summed E-state index contributed by atoms with van der Waals surface area (Å²) >= 11 is 0. The summed E-state index contributed by atoms with van der Waals surface area (Å²) in [6.45, 7) is 0.698. The van der Waals surface area contributed by atoms with Gasteiger partial charge in [-0.2, -0.15) is 0 Å². The molecule has 1 aliphatic carbocycles. The molecule has 0 aromatic heterocycles. The highest BCUT2D eigenvalue weighted by Crippen LogP contribution is 2.37. The molecule has 2 nitrogen and oxygen atoms in total. The molecule has 0 aromatic rings. The first kappa shape index (κ1) is 7.14. The number of hydrogen-bond acceptors (Lipinski definition) is 2. The lowest BCUT2D eigenvalue weighted by molar-refractivity contribution is -0.151. The Morgan fingerprint density at radius 1 is 1.18 bits per heavy atom. The van der Waals surface area contributed by atoms with Gasteiger partial charge in [0.1, 0.15) is 0 Å². The van der Waals surface area contributed by atoms with Crippen molar-refractivity contribution in [2.45, 2.75) is 32.1 Å². The van der Waals surface area contributed by atoms with Crippen molar-refractivity contribution < 1.29 is 9.53 Å². The number of carbonyl (C=O) groups excluding carboxylic acids is 1. The zero-order chi connectivity index (χ0) is 7.68. The fraction of sp³-hybridized carbons (Fsp3) is 0.889. The molecule has 0 spiro atoms. The molecular formula is C9H14O2. The van der Waals surface area contributed by atoms with Crippen molar-refractivity contribution in [1.29, 1.82) is 0 Å². The molecule has 0 radical (unpaired) electrons. The Labute approximate surface area is 66.9 Å². The largest absolute Gasteiger partial charge is 0.465 e. The van der Waals surface area contributed by atoms with E-state index in [0.717, 1.165) is 12.3 Å². The van der Waals surface area contributed by atoms with Crippen molar-refractivity contribution in [1.82, 2.24) is 0 Å². The summed E-state index contributed by atoms with van der Waals surface area (Å²) in [4.78, 5) is 10.7. The Balaban J connectivity index is 1.82. The van der Waals surface area contributed by atoms with Crippen LogP contribution in [0, 0.1) is 11.8 Å². The summed E-state index contributed by atoms with van der Waals surface area (Å²) in [7, 11) is 0. The molecule has 1 saturated heterocycles. The summed E-state index contributed by atoms with van der Waals surface area (Å²) in [5.74, 6) is 1.57. The van der Waals surface area contributed by atoms with E-state index in [0.29, 0.717) is 18.9 Å². The molecule has 2 rings (SSSR count). The Bertz CT molecular complexity index is 151. The van der Waals surface area contributed by atoms with Gasteiger partial charge in [0.25, 0.3) is 0 Å². The van der Waals surface area contributed by atoms with Crippen LogP contribution >= 0.6 is 0 Å². The van der Waals surface area contributed by atoms with Crippen LogP contribution in [0.4, 0.5) is 0 Å². The number of hydrogen-bond donors (Lipinski definition) is 0. The fourth-order valence-electron chi connectivity index (χ4n) is 1.94. The minimum Gasteiger partial charge on any atom is -0.465 e. The van der Waals surface area contributed by atoms with Crippen LogP contribution in [-0.4, -0.2) is 12.6 Å². The molecule has 0 N–H and O–H groups in total. The van der Waals surface area contributed by atoms with E-state index in [-0.39, 0.29) is 5.97 Å². The normalized spacial score (nSPS) is 32.7. The maximum atomic E-state index is 10.7. The Morgan fingerprint density at radius 2 is 2.00 bits per heavy atom. The number of carbonyl (C=O) groups is 1. The van der Waals surface area contributed by atoms with E-state index in [2.05, 4.69) is 0 Å². The topological polar surface area (TPSA) is 26.3 Å². The fourth-order valence-corrected chi connectivity index (χ4v) is 1.94. The van der Waals surface area contributed by atoms with Crippen LogP contribution in [0.15, 0.2) is 0 Å². The smallest absolute Gasteiger partial charge is 0.305 e. The Hall–Kier alpha value is -0.530. The first-order valence-electron chi connectivity index (χ1n) is 4.52. The van der Waals surface area contributed by atoms with Crippen LogP contribution in [-0.2, 0) is 9.53 Å². The van der Waals surface area contributed by atoms with Crippen LogP contribution in [0.1, 0.15) is 32.1 Å². The minimum absolute atomic E-state index is 0.000531. The number of ether oxygens (including phenoxy) is 1. The maximum Gasteiger partial charge on any atom is 0.305 e. The highest BCUT2D eigenvalue weighted by Gasteiger charge is 2.30. The molecule has 0 amide bonds. The second kappa shape index (κ2) is 2.84. The van der Waals surface area contributed by atoms with E-state index in [4.69, 9.17) is 4.74 Å². The van der Waals surface area contributed by atoms with Gasteiger partial charge in [0.15, 0.2) is 0 Å². The SMILES string of the molecule is O=C1CCC(C2CCC2)CO1. The predicted molar refractivity (Wildman–Crippen MR) is 41.0 cm³/mol. The summed E-state index contributed by atoms with van der Waals surface area (Å²) in [6.07, 6.45) is 5.84. The van der Waals surface area contributed by atoms with Gasteiger partial charge in [-0.25, -0.2) is 0 Å². The Morgan fingerprint density at radius 3 is 2.45 bits per heavy atom. The summed E-state index contributed by atoms with van der Waals surface area (Å²) in [5, 5.41) is 0. The maximum absolute atomic E-state index is 10.7. The van der Waals surface area contributed by atoms with Gasteiger partial charge in [-0.3, -0.25) is 4.79 Å². The molecule has 2 aliphatic rings. The van der Waals surface area contributed by atoms with E-state index in [1.165, 1.54) is 19.3 Å². The molecule has 11 heavy (non-hydrogen) atoms. The molecule has 2 fully saturated rings. The van der Waals surface area contributed by atoms with Crippen molar-refractivity contribution in [3.8, 4) is 0 Å². The monoisotopic (exact) mass is 154 g/mol. The average Bonchev–Trinajstić information content (AvgIpc) is 1.90. The van der Waals surface area contributed by atoms with Crippen molar-refractivity contribution in [2.75, 3.05) is 6.61 Å². The minimum atomic E-state index is 0.000531. The van der Waals surface area contributed by atoms with Crippen molar-refractivity contribution >= 4 is 5.97 Å². The van der Waals surface area contributed by atoms with Gasteiger partial charge >= 0.3 is 5.97 Å². The van der Waals surface area contributed by atoms with E-state index in [1.54, 1.807) is 0 Å². The standard InChI is InChI=1S/C9H14O2/c10-9-5-4-8(6-11-9)7-2-1-3-7/h7-8H,1-6H2. The third-order valence-electron chi connectivity index (χ3n) is 2.99. The predicted octanol–water partition coefficient (Wildman–Crippen LogP) is 1.74. The molecule has 1 atom stereocenters. The molecule has 0 bridgehead atoms. The van der Waals surface area contributed by atoms with Crippen LogP contribution in [0.3, 0.4) is 0 Å². The van der Waals surface area contributed by atoms with E-state index in [1.807, 2.05) is 0 Å². The third-order valence-corrected chi connectivity index (χ3v) is 2.99. The molecule has 62 valence electrons. The zero-order valence-corrected chi connectivity index (χ0v) is 6.71. The zero-order valence-electron chi connectivity index (χ0n) is 6.71. The van der Waals surface area contributed by atoms with Crippen LogP contribution < -0.4 is 0 Å². The number of rotatable bonds is 1. The van der Waals surface area contributed by atoms with Crippen molar-refractivity contribution in [2.24, 2.45) is 11.8 Å². The second-order valence-corrected chi connectivity index (χ2v) is 3.67. The van der Waals surface area contributed by atoms with Gasteiger partial charge in [0, 0.05) is 6.42 Å². The van der Waals surface area contributed by atoms with E-state index < -0.39 is 0 Å². The highest BCUT2D eigenvalue weighted by atomic mass is 16.5. The number of esters is 1. The molecular weight excluding hydrogens is 140 g/mol. The van der Waals surface area contributed by atoms with Crippen LogP contribution in [0.2, 0.25) is 0 Å². The average molecular weight is 154 g/mol. The van der Waals surface area contributed by atoms with Gasteiger partial charge < -0.3 is 4.74 Å². The lowest BCUT2D eigenvalue weighted by Gasteiger charge is -2.35. The molecule has 1 aliphatic heterocycles. The van der Waals surface area contributed by atoms with Gasteiger partial charge in [-0.05, 0) is 18.3 Å². The van der Waals surface area contributed by atoms with Gasteiger partial charge in [-0.15, -0.1) is 0 Å². The van der Waals surface area contributed by atoms with Crippen LogP contribution in [0.25, 0.3) is 0 Å². The van der Waals surface area contributed by atoms with Crippen molar-refractivity contribution in [3.05, 3.63) is 0 Å². The molecule has 1 saturated carbocycles. The third kappa shape index (κ3) is 1.39. The molecule has 0 aromatic carbocycles. The van der Waals surface area contributed by atoms with Gasteiger partial charge in [0.2, 0.25) is 0 Å². The van der Waals surface area contributed by atoms with Crippen LogP contribution in [0.5, 0.6) is 0 Å². The van der Waals surface area contributed by atoms with Gasteiger partial charge in [0.05, 0.1) is 6.61 Å². The quantitative estimate of drug-likeness (QED) is 0.538. The first-order chi connectivity index (χ1) is 5.36. The van der Waals surface area contributed by atoms with E-state index >= 15 is 0 Å². The summed E-state index contributed by atoms with van der Waals surface area (Å²) in [6, 6.07) is 0. The highest BCUT2D eigenvalue weighted by molar-refractivity contribution is 5.69. The van der Waals surface area contributed by atoms with Gasteiger partial charge in [-0.1, -0.05) is 19.3 Å². The first-order valence-corrected chi connectivity index (χ1v) is 4.52. The second-order valence-electron chi connectivity index (χ2n) is 3.67. The lowest BCUT2D eigenvalue weighted by Crippen LogP contribution is -2.31. The molecule has 2 heteroatoms. The summed E-state index contributed by atoms with van der Waals surface area (Å²) in [5.41, 5.74) is 0. The van der Waals surface area contributed by atoms with E-state index in [9.17, 15) is 4.79 Å². The number of cyclic esters (lactones) is 1.